The summed E-state index contributed by atoms with van der Waals surface area (Å²) in [6.45, 7) is 2.24. The van der Waals surface area contributed by atoms with Gasteiger partial charge in [-0.25, -0.2) is 0 Å². The maximum atomic E-state index is 12.8. The van der Waals surface area contributed by atoms with E-state index in [0.717, 1.165) is 50.9 Å². The minimum atomic E-state index is -0.690. The van der Waals surface area contributed by atoms with Crippen molar-refractivity contribution >= 4 is 5.97 Å². The molecule has 0 aromatic heterocycles. The largest absolute Gasteiger partial charge is 0.462 e. The van der Waals surface area contributed by atoms with E-state index in [1.807, 2.05) is 0 Å². The van der Waals surface area contributed by atoms with Gasteiger partial charge in [-0.1, -0.05) is 13.3 Å². The summed E-state index contributed by atoms with van der Waals surface area (Å²) in [7, 11) is 0. The monoisotopic (exact) mass is 335 g/mol. The lowest BCUT2D eigenvalue weighted by Crippen LogP contribution is -2.30. The summed E-state index contributed by atoms with van der Waals surface area (Å²) in [5.41, 5.74) is 0. The molecule has 2 aliphatic carbocycles. The molecule has 2 saturated carbocycles. The third kappa shape index (κ3) is 5.92. The standard InChI is InChI=1S/C20H30FNO2/c1-2-15-8-12-19(13-9-15)24-20(23)17-10-6-16(7-11-17)4-3-5-18(21)14-22/h5,15-17,19H,2-4,6-13H2,1H3. The number of esters is 1. The van der Waals surface area contributed by atoms with Gasteiger partial charge in [0.2, 0.25) is 0 Å². The minimum absolute atomic E-state index is 0.00354. The quantitative estimate of drug-likeness (QED) is 0.478. The summed E-state index contributed by atoms with van der Waals surface area (Å²) in [6.07, 6.45) is 12.5. The van der Waals surface area contributed by atoms with Crippen LogP contribution in [0, 0.1) is 29.1 Å². The fourth-order valence-corrected chi connectivity index (χ4v) is 4.10. The third-order valence-electron chi connectivity index (χ3n) is 5.84. The van der Waals surface area contributed by atoms with E-state index in [0.29, 0.717) is 12.3 Å². The second-order valence-corrected chi connectivity index (χ2v) is 7.45. The maximum Gasteiger partial charge on any atom is 0.309 e. The first-order valence-corrected chi connectivity index (χ1v) is 9.58. The summed E-state index contributed by atoms with van der Waals surface area (Å²) in [5.74, 6) is 0.720. The molecule has 24 heavy (non-hydrogen) atoms. The van der Waals surface area contributed by atoms with Gasteiger partial charge in [-0.05, 0) is 82.1 Å². The SMILES string of the molecule is CCC1CCC(OC(=O)C2CCC(CCC=C(F)C#N)CC2)CC1. The third-order valence-corrected chi connectivity index (χ3v) is 5.84. The Kier molecular flexibility index (Phi) is 7.75. The average Bonchev–Trinajstić information content (AvgIpc) is 2.62. The Morgan fingerprint density at radius 1 is 1.12 bits per heavy atom. The molecule has 0 aromatic carbocycles. The molecule has 2 rings (SSSR count). The molecule has 0 aromatic rings. The summed E-state index contributed by atoms with van der Waals surface area (Å²) in [4.78, 5) is 12.3. The first kappa shape index (κ1) is 19.0. The number of carbonyl (C=O) groups is 1. The molecule has 0 amide bonds. The van der Waals surface area contributed by atoms with Crippen LogP contribution in [0.5, 0.6) is 0 Å². The molecule has 0 aliphatic heterocycles. The highest BCUT2D eigenvalue weighted by molar-refractivity contribution is 5.72. The van der Waals surface area contributed by atoms with Crippen molar-refractivity contribution in [3.05, 3.63) is 11.9 Å². The Hall–Kier alpha value is -1.37. The summed E-state index contributed by atoms with van der Waals surface area (Å²) in [5, 5.41) is 8.39. The number of allylic oxidation sites excluding steroid dienone is 2. The predicted molar refractivity (Wildman–Crippen MR) is 91.6 cm³/mol. The fraction of sp³-hybridized carbons (Fsp3) is 0.800. The maximum absolute atomic E-state index is 12.8. The van der Waals surface area contributed by atoms with E-state index in [1.54, 1.807) is 0 Å². The van der Waals surface area contributed by atoms with Crippen molar-refractivity contribution in [2.75, 3.05) is 0 Å². The zero-order valence-corrected chi connectivity index (χ0v) is 14.8. The van der Waals surface area contributed by atoms with Crippen LogP contribution < -0.4 is 0 Å². The van der Waals surface area contributed by atoms with Crippen LogP contribution in [0.25, 0.3) is 0 Å². The lowest BCUT2D eigenvalue weighted by atomic mass is 9.80. The molecule has 0 atom stereocenters. The summed E-state index contributed by atoms with van der Waals surface area (Å²) in [6, 6.07) is 1.50. The number of ether oxygens (including phenoxy) is 1. The second-order valence-electron chi connectivity index (χ2n) is 7.45. The molecule has 2 aliphatic rings. The molecule has 0 spiro atoms. The first-order chi connectivity index (χ1) is 11.6. The summed E-state index contributed by atoms with van der Waals surface area (Å²) < 4.78 is 18.5. The van der Waals surface area contributed by atoms with Crippen molar-refractivity contribution in [3.8, 4) is 6.07 Å². The molecule has 4 heteroatoms. The van der Waals surface area contributed by atoms with E-state index in [1.165, 1.54) is 31.4 Å². The average molecular weight is 335 g/mol. The Morgan fingerprint density at radius 3 is 2.33 bits per heavy atom. The molecule has 0 radical (unpaired) electrons. The van der Waals surface area contributed by atoms with Gasteiger partial charge in [-0.2, -0.15) is 9.65 Å². The van der Waals surface area contributed by atoms with Gasteiger partial charge in [-0.15, -0.1) is 0 Å². The predicted octanol–water partition coefficient (Wildman–Crippen LogP) is 5.46. The molecule has 0 heterocycles. The van der Waals surface area contributed by atoms with Gasteiger partial charge in [0.25, 0.3) is 0 Å². The normalized spacial score (nSPS) is 31.3. The van der Waals surface area contributed by atoms with E-state index in [4.69, 9.17) is 10.00 Å². The van der Waals surface area contributed by atoms with Crippen LogP contribution in [0.1, 0.15) is 77.6 Å². The van der Waals surface area contributed by atoms with Gasteiger partial charge in [0.15, 0.2) is 5.83 Å². The van der Waals surface area contributed by atoms with Gasteiger partial charge < -0.3 is 4.74 Å². The van der Waals surface area contributed by atoms with Gasteiger partial charge in [0.1, 0.15) is 12.2 Å². The van der Waals surface area contributed by atoms with E-state index >= 15 is 0 Å². The van der Waals surface area contributed by atoms with Crippen LogP contribution >= 0.6 is 0 Å². The fourth-order valence-electron chi connectivity index (χ4n) is 4.10. The molecule has 134 valence electrons. The zero-order chi connectivity index (χ0) is 17.4. The van der Waals surface area contributed by atoms with Crippen LogP contribution in [-0.2, 0) is 9.53 Å². The highest BCUT2D eigenvalue weighted by atomic mass is 19.1. The first-order valence-electron chi connectivity index (χ1n) is 9.58. The molecule has 0 saturated heterocycles. The smallest absolute Gasteiger partial charge is 0.309 e. The van der Waals surface area contributed by atoms with E-state index in [2.05, 4.69) is 6.92 Å². The van der Waals surface area contributed by atoms with Crippen LogP contribution in [-0.4, -0.2) is 12.1 Å². The summed E-state index contributed by atoms with van der Waals surface area (Å²) >= 11 is 0. The van der Waals surface area contributed by atoms with Crippen LogP contribution in [0.3, 0.4) is 0 Å². The van der Waals surface area contributed by atoms with Crippen LogP contribution in [0.4, 0.5) is 4.39 Å². The Labute approximate surface area is 145 Å². The number of hydrogen-bond acceptors (Lipinski definition) is 3. The van der Waals surface area contributed by atoms with Crippen molar-refractivity contribution in [3.63, 3.8) is 0 Å². The molecular weight excluding hydrogens is 305 g/mol. The Balaban J connectivity index is 1.65. The Bertz CT molecular complexity index is 467. The van der Waals surface area contributed by atoms with Crippen molar-refractivity contribution in [1.29, 1.82) is 5.26 Å². The highest BCUT2D eigenvalue weighted by Gasteiger charge is 2.30. The number of carbonyl (C=O) groups excluding carboxylic acids is 1. The molecule has 3 nitrogen and oxygen atoms in total. The van der Waals surface area contributed by atoms with E-state index in [-0.39, 0.29) is 18.0 Å². The second kappa shape index (κ2) is 9.81. The lowest BCUT2D eigenvalue weighted by Gasteiger charge is -2.31. The minimum Gasteiger partial charge on any atom is -0.462 e. The number of nitrogens with zero attached hydrogens (tertiary/aromatic N) is 1. The highest BCUT2D eigenvalue weighted by Crippen LogP contribution is 2.34. The number of halogens is 1. The zero-order valence-electron chi connectivity index (χ0n) is 14.8. The van der Waals surface area contributed by atoms with Gasteiger partial charge in [-0.3, -0.25) is 4.79 Å². The number of hydrogen-bond donors (Lipinski definition) is 0. The van der Waals surface area contributed by atoms with Crippen molar-refractivity contribution in [2.24, 2.45) is 17.8 Å². The molecule has 2 fully saturated rings. The molecule has 0 N–H and O–H groups in total. The van der Waals surface area contributed by atoms with Crippen molar-refractivity contribution < 1.29 is 13.9 Å². The topological polar surface area (TPSA) is 50.1 Å². The van der Waals surface area contributed by atoms with Gasteiger partial charge in [0, 0.05) is 0 Å². The van der Waals surface area contributed by atoms with E-state index < -0.39 is 5.83 Å². The molecule has 0 bridgehead atoms. The lowest BCUT2D eigenvalue weighted by molar-refractivity contribution is -0.157. The van der Waals surface area contributed by atoms with Gasteiger partial charge >= 0.3 is 5.97 Å². The molecular formula is C20H30FNO2. The van der Waals surface area contributed by atoms with E-state index in [9.17, 15) is 9.18 Å². The van der Waals surface area contributed by atoms with Crippen LogP contribution in [0.15, 0.2) is 11.9 Å². The van der Waals surface area contributed by atoms with Crippen molar-refractivity contribution in [1.82, 2.24) is 0 Å². The molecule has 0 unspecified atom stereocenters. The van der Waals surface area contributed by atoms with Crippen molar-refractivity contribution in [2.45, 2.75) is 83.7 Å². The number of nitriles is 1. The number of rotatable bonds is 6. The van der Waals surface area contributed by atoms with Crippen LogP contribution in [0.2, 0.25) is 0 Å². The Morgan fingerprint density at radius 2 is 1.75 bits per heavy atom. The van der Waals surface area contributed by atoms with Gasteiger partial charge in [0.05, 0.1) is 5.92 Å².